The van der Waals surface area contributed by atoms with Crippen LogP contribution in [0.4, 0.5) is 0 Å². The van der Waals surface area contributed by atoms with Crippen LogP contribution in [0.2, 0.25) is 0 Å². The summed E-state index contributed by atoms with van der Waals surface area (Å²) in [5, 5.41) is 8.21. The van der Waals surface area contributed by atoms with Crippen LogP contribution >= 0.6 is 0 Å². The minimum absolute atomic E-state index is 0.891. The second-order valence-electron chi connectivity index (χ2n) is 3.06. The highest BCUT2D eigenvalue weighted by Gasteiger charge is 2.01. The molecule has 1 aromatic heterocycles. The van der Waals surface area contributed by atoms with E-state index >= 15 is 0 Å². The topological polar surface area (TPSA) is 34.0 Å². The number of rotatable bonds is 4. The first-order valence-electron chi connectivity index (χ1n) is 4.26. The van der Waals surface area contributed by atoms with Gasteiger partial charge in [-0.3, -0.25) is 0 Å². The average molecular weight is 168 g/mol. The highest BCUT2D eigenvalue weighted by Crippen LogP contribution is 1.97. The molecule has 0 saturated heterocycles. The molecule has 0 amide bonds. The molecule has 4 nitrogen and oxygen atoms in total. The monoisotopic (exact) mass is 168 g/mol. The number of aromatic nitrogens is 3. The van der Waals surface area contributed by atoms with Crippen molar-refractivity contribution in [2.45, 2.75) is 19.9 Å². The second-order valence-corrected chi connectivity index (χ2v) is 3.06. The molecule has 0 aliphatic heterocycles. The summed E-state index contributed by atoms with van der Waals surface area (Å²) in [5.74, 6) is 0. The first-order chi connectivity index (χ1) is 5.72. The predicted octanol–water partition coefficient (Wildman–Crippen LogP) is 0.657. The zero-order valence-electron chi connectivity index (χ0n) is 7.99. The third-order valence-electron chi connectivity index (χ3n) is 1.68. The molecule has 0 aromatic carbocycles. The van der Waals surface area contributed by atoms with Gasteiger partial charge < -0.3 is 4.90 Å². The average Bonchev–Trinajstić information content (AvgIpc) is 2.36. The van der Waals surface area contributed by atoms with E-state index in [9.17, 15) is 0 Å². The second kappa shape index (κ2) is 4.21. The van der Waals surface area contributed by atoms with Gasteiger partial charge in [0.1, 0.15) is 0 Å². The number of hydrogen-bond donors (Lipinski definition) is 0. The Balaban J connectivity index is 2.41. The molecule has 68 valence electrons. The highest BCUT2D eigenvalue weighted by molar-refractivity contribution is 4.90. The van der Waals surface area contributed by atoms with Crippen molar-refractivity contribution >= 4 is 0 Å². The molecule has 0 N–H and O–H groups in total. The molecule has 0 aliphatic rings. The van der Waals surface area contributed by atoms with Gasteiger partial charge in [0.2, 0.25) is 0 Å². The van der Waals surface area contributed by atoms with Crippen LogP contribution < -0.4 is 0 Å². The molecular formula is C8H16N4. The van der Waals surface area contributed by atoms with E-state index in [1.165, 1.54) is 6.42 Å². The largest absolute Gasteiger partial charge is 0.300 e. The lowest BCUT2D eigenvalue weighted by Crippen LogP contribution is -2.18. The van der Waals surface area contributed by atoms with Crippen molar-refractivity contribution in [2.24, 2.45) is 7.05 Å². The normalized spacial score (nSPS) is 11.0. The maximum atomic E-state index is 4.20. The Bertz CT molecular complexity index is 231. The van der Waals surface area contributed by atoms with Gasteiger partial charge in [0.05, 0.1) is 11.9 Å². The number of hydrogen-bond acceptors (Lipinski definition) is 3. The van der Waals surface area contributed by atoms with Gasteiger partial charge in [-0.25, -0.2) is 0 Å². The van der Waals surface area contributed by atoms with Crippen molar-refractivity contribution in [1.29, 1.82) is 0 Å². The Labute approximate surface area is 73.2 Å². The smallest absolute Gasteiger partial charge is 0.0966 e. The maximum Gasteiger partial charge on any atom is 0.0966 e. The van der Waals surface area contributed by atoms with Gasteiger partial charge in [-0.05, 0) is 20.0 Å². The SMILES string of the molecule is CCCN(C)Cc1cnn(C)n1. The summed E-state index contributed by atoms with van der Waals surface area (Å²) in [7, 11) is 3.93. The zero-order valence-corrected chi connectivity index (χ0v) is 7.99. The molecule has 0 saturated carbocycles. The lowest BCUT2D eigenvalue weighted by Gasteiger charge is -2.12. The highest BCUT2D eigenvalue weighted by atomic mass is 15.4. The standard InChI is InChI=1S/C8H16N4/c1-4-5-11(2)7-8-6-9-12(3)10-8/h6H,4-5,7H2,1-3H3. The van der Waals surface area contributed by atoms with Crippen LogP contribution in [0.25, 0.3) is 0 Å². The van der Waals surface area contributed by atoms with E-state index in [2.05, 4.69) is 29.1 Å². The quantitative estimate of drug-likeness (QED) is 0.662. The van der Waals surface area contributed by atoms with Crippen LogP contribution in [0.1, 0.15) is 19.0 Å². The molecule has 1 aromatic rings. The first kappa shape index (κ1) is 9.19. The Hall–Kier alpha value is -0.900. The molecule has 4 heteroatoms. The summed E-state index contributed by atoms with van der Waals surface area (Å²) >= 11 is 0. The molecule has 0 fully saturated rings. The van der Waals surface area contributed by atoms with Crippen LogP contribution in [-0.2, 0) is 13.6 Å². The van der Waals surface area contributed by atoms with Crippen molar-refractivity contribution in [3.8, 4) is 0 Å². The Morgan fingerprint density at radius 1 is 1.58 bits per heavy atom. The fourth-order valence-corrected chi connectivity index (χ4v) is 1.20. The number of nitrogens with zero attached hydrogens (tertiary/aromatic N) is 4. The number of aryl methyl sites for hydroxylation is 1. The summed E-state index contributed by atoms with van der Waals surface area (Å²) in [5.41, 5.74) is 1.04. The van der Waals surface area contributed by atoms with Crippen molar-refractivity contribution in [1.82, 2.24) is 19.9 Å². The van der Waals surface area contributed by atoms with Gasteiger partial charge in [-0.1, -0.05) is 6.92 Å². The van der Waals surface area contributed by atoms with Crippen LogP contribution in [0, 0.1) is 0 Å². The molecule has 0 bridgehead atoms. The van der Waals surface area contributed by atoms with Crippen molar-refractivity contribution < 1.29 is 0 Å². The minimum Gasteiger partial charge on any atom is -0.300 e. The van der Waals surface area contributed by atoms with Gasteiger partial charge in [0.15, 0.2) is 0 Å². The lowest BCUT2D eigenvalue weighted by molar-refractivity contribution is 0.322. The molecular weight excluding hydrogens is 152 g/mol. The third-order valence-corrected chi connectivity index (χ3v) is 1.68. The van der Waals surface area contributed by atoms with Gasteiger partial charge in [0, 0.05) is 13.6 Å². The molecule has 0 atom stereocenters. The van der Waals surface area contributed by atoms with Gasteiger partial charge in [-0.2, -0.15) is 15.0 Å². The van der Waals surface area contributed by atoms with E-state index in [0.717, 1.165) is 18.8 Å². The van der Waals surface area contributed by atoms with Crippen molar-refractivity contribution in [2.75, 3.05) is 13.6 Å². The molecule has 1 rings (SSSR count). The van der Waals surface area contributed by atoms with E-state index in [4.69, 9.17) is 0 Å². The fraction of sp³-hybridized carbons (Fsp3) is 0.750. The molecule has 12 heavy (non-hydrogen) atoms. The van der Waals surface area contributed by atoms with Gasteiger partial charge >= 0.3 is 0 Å². The fourth-order valence-electron chi connectivity index (χ4n) is 1.20. The summed E-state index contributed by atoms with van der Waals surface area (Å²) in [4.78, 5) is 3.83. The Morgan fingerprint density at radius 2 is 2.33 bits per heavy atom. The van der Waals surface area contributed by atoms with E-state index in [-0.39, 0.29) is 0 Å². The van der Waals surface area contributed by atoms with Crippen LogP contribution in [0.15, 0.2) is 6.20 Å². The summed E-state index contributed by atoms with van der Waals surface area (Å²) in [6, 6.07) is 0. The maximum absolute atomic E-state index is 4.20. The molecule has 0 aliphatic carbocycles. The lowest BCUT2D eigenvalue weighted by atomic mass is 10.4. The first-order valence-corrected chi connectivity index (χ1v) is 4.26. The molecule has 0 unspecified atom stereocenters. The predicted molar refractivity (Wildman–Crippen MR) is 47.6 cm³/mol. The van der Waals surface area contributed by atoms with Gasteiger partial charge in [-0.15, -0.1) is 0 Å². The van der Waals surface area contributed by atoms with Gasteiger partial charge in [0.25, 0.3) is 0 Å². The zero-order chi connectivity index (χ0) is 8.97. The van der Waals surface area contributed by atoms with E-state index in [1.54, 1.807) is 4.80 Å². The van der Waals surface area contributed by atoms with E-state index in [0.29, 0.717) is 0 Å². The molecule has 0 spiro atoms. The van der Waals surface area contributed by atoms with E-state index in [1.807, 2.05) is 13.2 Å². The Kier molecular flexibility index (Phi) is 3.22. The summed E-state index contributed by atoms with van der Waals surface area (Å²) < 4.78 is 0. The van der Waals surface area contributed by atoms with Crippen molar-refractivity contribution in [3.63, 3.8) is 0 Å². The van der Waals surface area contributed by atoms with Crippen molar-refractivity contribution in [3.05, 3.63) is 11.9 Å². The van der Waals surface area contributed by atoms with Crippen LogP contribution in [-0.4, -0.2) is 33.5 Å². The summed E-state index contributed by atoms with van der Waals surface area (Å²) in [6.45, 7) is 4.17. The van der Waals surface area contributed by atoms with Crippen LogP contribution in [0.3, 0.4) is 0 Å². The summed E-state index contributed by atoms with van der Waals surface area (Å²) in [6.07, 6.45) is 2.99. The van der Waals surface area contributed by atoms with Crippen LogP contribution in [0.5, 0.6) is 0 Å². The molecule has 1 heterocycles. The molecule has 0 radical (unpaired) electrons. The third kappa shape index (κ3) is 2.62. The Morgan fingerprint density at radius 3 is 2.83 bits per heavy atom. The minimum atomic E-state index is 0.891. The van der Waals surface area contributed by atoms with E-state index < -0.39 is 0 Å².